The van der Waals surface area contributed by atoms with E-state index < -0.39 is 0 Å². The van der Waals surface area contributed by atoms with E-state index in [1.807, 2.05) is 0 Å². The van der Waals surface area contributed by atoms with Crippen LogP contribution >= 0.6 is 0 Å². The first kappa shape index (κ1) is 9.69. The molecule has 0 spiro atoms. The van der Waals surface area contributed by atoms with Gasteiger partial charge in [-0.25, -0.2) is 0 Å². The molecule has 2 rings (SSSR count). The highest BCUT2D eigenvalue weighted by molar-refractivity contribution is 5.34. The van der Waals surface area contributed by atoms with Gasteiger partial charge in [-0.1, -0.05) is 24.3 Å². The van der Waals surface area contributed by atoms with Crippen molar-refractivity contribution in [1.29, 1.82) is 0 Å². The zero-order chi connectivity index (χ0) is 10.0. The lowest BCUT2D eigenvalue weighted by atomic mass is 9.82. The molecule has 1 aromatic carbocycles. The highest BCUT2D eigenvalue weighted by Crippen LogP contribution is 2.38. The van der Waals surface area contributed by atoms with Crippen LogP contribution in [0.4, 0.5) is 0 Å². The van der Waals surface area contributed by atoms with E-state index >= 15 is 0 Å². The van der Waals surface area contributed by atoms with Gasteiger partial charge in [0.15, 0.2) is 0 Å². The minimum absolute atomic E-state index is 0.123. The smallest absolute Gasteiger partial charge is 0.0437 e. The van der Waals surface area contributed by atoms with Crippen LogP contribution in [0.15, 0.2) is 24.3 Å². The molecule has 0 bridgehead atoms. The van der Waals surface area contributed by atoms with Crippen molar-refractivity contribution in [2.24, 2.45) is 11.1 Å². The summed E-state index contributed by atoms with van der Waals surface area (Å²) in [5.41, 5.74) is 8.76. The number of rotatable bonds is 3. The minimum atomic E-state index is 0.123. The maximum absolute atomic E-state index is 9.05. The molecule has 76 valence electrons. The van der Waals surface area contributed by atoms with Crippen molar-refractivity contribution in [2.75, 3.05) is 13.2 Å². The van der Waals surface area contributed by atoms with E-state index in [4.69, 9.17) is 10.8 Å². The largest absolute Gasteiger partial charge is 0.396 e. The van der Waals surface area contributed by atoms with E-state index in [9.17, 15) is 0 Å². The molecule has 0 aromatic heterocycles. The first-order valence-corrected chi connectivity index (χ1v) is 5.17. The molecule has 14 heavy (non-hydrogen) atoms. The number of aliphatic hydroxyl groups is 1. The van der Waals surface area contributed by atoms with Gasteiger partial charge in [0.1, 0.15) is 0 Å². The summed E-state index contributed by atoms with van der Waals surface area (Å²) in [5, 5.41) is 9.05. The van der Waals surface area contributed by atoms with Crippen LogP contribution in [0.2, 0.25) is 0 Å². The maximum Gasteiger partial charge on any atom is 0.0437 e. The fraction of sp³-hybridized carbons (Fsp3) is 0.500. The zero-order valence-corrected chi connectivity index (χ0v) is 8.37. The van der Waals surface area contributed by atoms with Crippen molar-refractivity contribution in [2.45, 2.75) is 19.3 Å². The molecule has 1 aromatic rings. The lowest BCUT2D eigenvalue weighted by Crippen LogP contribution is -2.32. The zero-order valence-electron chi connectivity index (χ0n) is 8.37. The quantitative estimate of drug-likeness (QED) is 0.752. The van der Waals surface area contributed by atoms with E-state index in [0.717, 1.165) is 19.3 Å². The molecule has 1 aliphatic carbocycles. The molecule has 0 saturated heterocycles. The van der Waals surface area contributed by atoms with Gasteiger partial charge in [0.2, 0.25) is 0 Å². The van der Waals surface area contributed by atoms with Crippen LogP contribution < -0.4 is 5.73 Å². The summed E-state index contributed by atoms with van der Waals surface area (Å²) in [6.45, 7) is 0.910. The average molecular weight is 191 g/mol. The van der Waals surface area contributed by atoms with Crippen molar-refractivity contribution in [1.82, 2.24) is 0 Å². The summed E-state index contributed by atoms with van der Waals surface area (Å²) < 4.78 is 0. The molecule has 2 nitrogen and oxygen atoms in total. The van der Waals surface area contributed by atoms with Crippen molar-refractivity contribution < 1.29 is 5.11 Å². The molecule has 0 radical (unpaired) electrons. The van der Waals surface area contributed by atoms with Crippen LogP contribution in [-0.4, -0.2) is 18.3 Å². The molecular weight excluding hydrogens is 174 g/mol. The van der Waals surface area contributed by atoms with Gasteiger partial charge in [-0.2, -0.15) is 0 Å². The highest BCUT2D eigenvalue weighted by atomic mass is 16.3. The van der Waals surface area contributed by atoms with Crippen LogP contribution in [0.1, 0.15) is 17.5 Å². The molecular formula is C12H17NO. The van der Waals surface area contributed by atoms with Crippen LogP contribution in [0.3, 0.4) is 0 Å². The summed E-state index contributed by atoms with van der Waals surface area (Å²) in [6.07, 6.45) is 2.87. The number of hydrogen-bond acceptors (Lipinski definition) is 2. The van der Waals surface area contributed by atoms with Gasteiger partial charge >= 0.3 is 0 Å². The van der Waals surface area contributed by atoms with Crippen LogP contribution in [0.25, 0.3) is 0 Å². The first-order chi connectivity index (χ1) is 6.79. The molecule has 0 saturated carbocycles. The molecule has 1 aliphatic rings. The monoisotopic (exact) mass is 191 g/mol. The molecule has 0 fully saturated rings. The van der Waals surface area contributed by atoms with Crippen molar-refractivity contribution in [3.8, 4) is 0 Å². The molecule has 0 heterocycles. The van der Waals surface area contributed by atoms with Crippen LogP contribution in [0, 0.1) is 5.41 Å². The Bertz CT molecular complexity index is 297. The van der Waals surface area contributed by atoms with Gasteiger partial charge < -0.3 is 10.8 Å². The van der Waals surface area contributed by atoms with Crippen LogP contribution in [0.5, 0.6) is 0 Å². The van der Waals surface area contributed by atoms with E-state index in [1.165, 1.54) is 11.1 Å². The Morgan fingerprint density at radius 3 is 2.21 bits per heavy atom. The number of aliphatic hydroxyl groups excluding tert-OH is 1. The molecule has 2 heteroatoms. The maximum atomic E-state index is 9.05. The van der Waals surface area contributed by atoms with Gasteiger partial charge in [0.05, 0.1) is 0 Å². The number of fused-ring (bicyclic) bond motifs is 1. The third-order valence-electron chi connectivity index (χ3n) is 3.32. The van der Waals surface area contributed by atoms with Gasteiger partial charge in [0, 0.05) is 6.61 Å². The summed E-state index contributed by atoms with van der Waals surface area (Å²) in [4.78, 5) is 0. The standard InChI is InChI=1S/C12H17NO/c13-9-12(5-6-14)7-10-3-1-2-4-11(10)8-12/h1-4,14H,5-9,13H2. The third-order valence-corrected chi connectivity index (χ3v) is 3.32. The number of benzene rings is 1. The third kappa shape index (κ3) is 1.56. The van der Waals surface area contributed by atoms with E-state index in [0.29, 0.717) is 6.54 Å². The van der Waals surface area contributed by atoms with Gasteiger partial charge in [-0.05, 0) is 42.3 Å². The van der Waals surface area contributed by atoms with E-state index in [-0.39, 0.29) is 12.0 Å². The predicted octanol–water partition coefficient (Wildman–Crippen LogP) is 1.11. The molecule has 0 unspecified atom stereocenters. The molecule has 3 N–H and O–H groups in total. The molecule has 0 amide bonds. The predicted molar refractivity (Wildman–Crippen MR) is 57.0 cm³/mol. The van der Waals surface area contributed by atoms with Crippen molar-refractivity contribution >= 4 is 0 Å². The topological polar surface area (TPSA) is 46.2 Å². The minimum Gasteiger partial charge on any atom is -0.396 e. The lowest BCUT2D eigenvalue weighted by Gasteiger charge is -2.25. The summed E-state index contributed by atoms with van der Waals surface area (Å²) in [7, 11) is 0. The first-order valence-electron chi connectivity index (χ1n) is 5.17. The Balaban J connectivity index is 2.23. The Kier molecular flexibility index (Phi) is 2.57. The number of hydrogen-bond donors (Lipinski definition) is 2. The second-order valence-electron chi connectivity index (χ2n) is 4.30. The number of nitrogens with two attached hydrogens (primary N) is 1. The van der Waals surface area contributed by atoms with Crippen molar-refractivity contribution in [3.63, 3.8) is 0 Å². The van der Waals surface area contributed by atoms with Crippen LogP contribution in [-0.2, 0) is 12.8 Å². The van der Waals surface area contributed by atoms with E-state index in [2.05, 4.69) is 24.3 Å². The second-order valence-corrected chi connectivity index (χ2v) is 4.30. The average Bonchev–Trinajstić information content (AvgIpc) is 2.57. The highest BCUT2D eigenvalue weighted by Gasteiger charge is 2.35. The Morgan fingerprint density at radius 1 is 1.21 bits per heavy atom. The Hall–Kier alpha value is -0.860. The fourth-order valence-electron chi connectivity index (χ4n) is 2.43. The van der Waals surface area contributed by atoms with E-state index in [1.54, 1.807) is 0 Å². The summed E-state index contributed by atoms with van der Waals surface area (Å²) in [5.74, 6) is 0. The SMILES string of the molecule is NCC1(CCO)Cc2ccccc2C1. The lowest BCUT2D eigenvalue weighted by molar-refractivity contribution is 0.194. The Morgan fingerprint density at radius 2 is 1.79 bits per heavy atom. The molecule has 0 atom stereocenters. The Labute approximate surface area is 84.7 Å². The second kappa shape index (κ2) is 3.71. The van der Waals surface area contributed by atoms with Gasteiger partial charge in [0.25, 0.3) is 0 Å². The van der Waals surface area contributed by atoms with Crippen molar-refractivity contribution in [3.05, 3.63) is 35.4 Å². The van der Waals surface area contributed by atoms with Gasteiger partial charge in [-0.15, -0.1) is 0 Å². The summed E-state index contributed by atoms with van der Waals surface area (Å²) >= 11 is 0. The fourth-order valence-corrected chi connectivity index (χ4v) is 2.43. The summed E-state index contributed by atoms with van der Waals surface area (Å²) in [6, 6.07) is 8.49. The molecule has 0 aliphatic heterocycles. The normalized spacial score (nSPS) is 18.1. The van der Waals surface area contributed by atoms with Gasteiger partial charge in [-0.3, -0.25) is 0 Å².